The second-order valence-corrected chi connectivity index (χ2v) is 4.20. The van der Waals surface area contributed by atoms with Crippen LogP contribution >= 0.6 is 22.6 Å². The molecule has 0 unspecified atom stereocenters. The van der Waals surface area contributed by atoms with Crippen LogP contribution in [0.5, 0.6) is 0 Å². The van der Waals surface area contributed by atoms with Crippen molar-refractivity contribution in [1.82, 2.24) is 0 Å². The second-order valence-electron chi connectivity index (χ2n) is 3.04. The maximum atomic E-state index is 12.5. The third-order valence-electron chi connectivity index (χ3n) is 1.84. The fourth-order valence-electron chi connectivity index (χ4n) is 1.21. The summed E-state index contributed by atoms with van der Waals surface area (Å²) in [5.41, 5.74) is -4.06. The first-order valence-corrected chi connectivity index (χ1v) is 5.08. The Hall–Kier alpha value is -0.800. The van der Waals surface area contributed by atoms with Gasteiger partial charge in [0.1, 0.15) is 6.29 Å². The van der Waals surface area contributed by atoms with Gasteiger partial charge in [-0.25, -0.2) is 0 Å². The van der Waals surface area contributed by atoms with E-state index < -0.39 is 32.6 Å². The van der Waals surface area contributed by atoms with Gasteiger partial charge in [-0.15, -0.1) is 0 Å². The van der Waals surface area contributed by atoms with Crippen molar-refractivity contribution in [3.05, 3.63) is 32.4 Å². The number of halogens is 7. The van der Waals surface area contributed by atoms with Crippen LogP contribution in [-0.4, -0.2) is 6.29 Å². The maximum absolute atomic E-state index is 12.5. The van der Waals surface area contributed by atoms with Crippen LogP contribution in [0.4, 0.5) is 26.3 Å². The molecule has 1 aromatic rings. The molecule has 0 spiro atoms. The number of carbonyl (C=O) groups excluding carboxylic acids is 1. The van der Waals surface area contributed by atoms with Crippen molar-refractivity contribution in [3.63, 3.8) is 0 Å². The van der Waals surface area contributed by atoms with Crippen molar-refractivity contribution < 1.29 is 31.1 Å². The Kier molecular flexibility index (Phi) is 3.75. The summed E-state index contributed by atoms with van der Waals surface area (Å²) in [7, 11) is 0. The molecule has 1 aromatic carbocycles. The largest absolute Gasteiger partial charge is 0.418 e. The minimum Gasteiger partial charge on any atom is -0.298 e. The van der Waals surface area contributed by atoms with Gasteiger partial charge >= 0.3 is 12.4 Å². The predicted molar refractivity (Wildman–Crippen MR) is 54.6 cm³/mol. The van der Waals surface area contributed by atoms with Gasteiger partial charge in [0, 0.05) is 9.13 Å². The summed E-state index contributed by atoms with van der Waals surface area (Å²) >= 11 is 1.12. The highest BCUT2D eigenvalue weighted by Gasteiger charge is 2.44. The molecule has 0 saturated heterocycles. The van der Waals surface area contributed by atoms with Crippen LogP contribution in [0.25, 0.3) is 0 Å². The van der Waals surface area contributed by atoms with Crippen LogP contribution < -0.4 is 0 Å². The van der Waals surface area contributed by atoms with E-state index in [-0.39, 0.29) is 12.4 Å². The molecule has 0 fully saturated rings. The molecule has 0 heterocycles. The maximum Gasteiger partial charge on any atom is 0.418 e. The number of rotatable bonds is 1. The fraction of sp³-hybridized carbons (Fsp3) is 0.222. The lowest BCUT2D eigenvalue weighted by Gasteiger charge is -2.17. The van der Waals surface area contributed by atoms with Crippen LogP contribution in [0.3, 0.4) is 0 Å². The number of hydrogen-bond acceptors (Lipinski definition) is 1. The molecule has 1 nitrogen and oxygen atoms in total. The van der Waals surface area contributed by atoms with Crippen molar-refractivity contribution >= 4 is 28.9 Å². The van der Waals surface area contributed by atoms with E-state index >= 15 is 0 Å². The summed E-state index contributed by atoms with van der Waals surface area (Å²) in [6.45, 7) is 0. The number of carbonyl (C=O) groups is 1. The quantitative estimate of drug-likeness (QED) is 0.414. The van der Waals surface area contributed by atoms with E-state index in [1.165, 1.54) is 0 Å². The van der Waals surface area contributed by atoms with Gasteiger partial charge in [0.05, 0.1) is 11.1 Å². The Morgan fingerprint density at radius 3 is 1.88 bits per heavy atom. The Morgan fingerprint density at radius 1 is 1.00 bits per heavy atom. The molecule has 1 rings (SSSR count). The summed E-state index contributed by atoms with van der Waals surface area (Å²) < 4.78 is 74.2. The zero-order chi connectivity index (χ0) is 13.4. The Balaban J connectivity index is 3.63. The first-order chi connectivity index (χ1) is 7.57. The highest BCUT2D eigenvalue weighted by Crippen LogP contribution is 2.42. The van der Waals surface area contributed by atoms with Crippen LogP contribution in [0, 0.1) is 3.57 Å². The summed E-state index contributed by atoms with van der Waals surface area (Å²) in [5, 5.41) is 0. The van der Waals surface area contributed by atoms with E-state index in [9.17, 15) is 31.1 Å². The molecule has 0 N–H and O–H groups in total. The molecule has 0 atom stereocenters. The molecular weight excluding hydrogens is 365 g/mol. The average Bonchev–Trinajstić information content (AvgIpc) is 2.12. The molecule has 0 saturated carbocycles. The number of alkyl halides is 6. The van der Waals surface area contributed by atoms with Gasteiger partial charge in [-0.1, -0.05) is 0 Å². The van der Waals surface area contributed by atoms with Gasteiger partial charge < -0.3 is 0 Å². The molecular formula is C9H3F6IO. The van der Waals surface area contributed by atoms with Crippen molar-refractivity contribution in [3.8, 4) is 0 Å². The third-order valence-corrected chi connectivity index (χ3v) is 2.69. The normalized spacial score (nSPS) is 12.6. The molecule has 0 radical (unpaired) electrons. The average molecular weight is 368 g/mol. The van der Waals surface area contributed by atoms with E-state index in [4.69, 9.17) is 0 Å². The SMILES string of the molecule is O=Cc1cc(I)c(C(F)(F)F)c(C(F)(F)F)c1. The van der Waals surface area contributed by atoms with Gasteiger partial charge in [-0.3, -0.25) is 4.79 Å². The first-order valence-electron chi connectivity index (χ1n) is 4.00. The molecule has 0 aromatic heterocycles. The van der Waals surface area contributed by atoms with Crippen molar-refractivity contribution in [2.45, 2.75) is 12.4 Å². The number of hydrogen-bond donors (Lipinski definition) is 0. The molecule has 0 aliphatic carbocycles. The second kappa shape index (κ2) is 4.46. The Morgan fingerprint density at radius 2 is 1.53 bits per heavy atom. The fourth-order valence-corrected chi connectivity index (χ4v) is 2.16. The minimum absolute atomic E-state index is 0.0670. The van der Waals surface area contributed by atoms with Crippen molar-refractivity contribution in [2.24, 2.45) is 0 Å². The summed E-state index contributed by atoms with van der Waals surface area (Å²) in [4.78, 5) is 10.3. The molecule has 0 aliphatic rings. The first kappa shape index (κ1) is 14.3. The van der Waals surface area contributed by atoms with Crippen LogP contribution in [0.15, 0.2) is 12.1 Å². The minimum atomic E-state index is -5.16. The van der Waals surface area contributed by atoms with Crippen molar-refractivity contribution in [1.29, 1.82) is 0 Å². The highest BCUT2D eigenvalue weighted by molar-refractivity contribution is 14.1. The molecule has 8 heteroatoms. The Labute approximate surface area is 105 Å². The molecule has 94 valence electrons. The zero-order valence-corrected chi connectivity index (χ0v) is 9.94. The lowest BCUT2D eigenvalue weighted by molar-refractivity contribution is -0.162. The van der Waals surface area contributed by atoms with E-state index in [2.05, 4.69) is 0 Å². The van der Waals surface area contributed by atoms with E-state index in [1.54, 1.807) is 0 Å². The van der Waals surface area contributed by atoms with Gasteiger partial charge in [0.2, 0.25) is 0 Å². The third kappa shape index (κ3) is 3.11. The zero-order valence-electron chi connectivity index (χ0n) is 7.79. The van der Waals surface area contributed by atoms with E-state index in [0.29, 0.717) is 0 Å². The molecule has 0 bridgehead atoms. The van der Waals surface area contributed by atoms with Crippen LogP contribution in [0.2, 0.25) is 0 Å². The van der Waals surface area contributed by atoms with Gasteiger partial charge in [0.15, 0.2) is 0 Å². The molecule has 0 amide bonds. The van der Waals surface area contributed by atoms with Crippen LogP contribution in [0.1, 0.15) is 21.5 Å². The monoisotopic (exact) mass is 368 g/mol. The van der Waals surface area contributed by atoms with Crippen molar-refractivity contribution in [2.75, 3.05) is 0 Å². The lowest BCUT2D eigenvalue weighted by atomic mass is 10.0. The number of aldehydes is 1. The van der Waals surface area contributed by atoms with Crippen LogP contribution in [-0.2, 0) is 12.4 Å². The van der Waals surface area contributed by atoms with Gasteiger partial charge in [0.25, 0.3) is 0 Å². The molecule has 0 aliphatic heterocycles. The Bertz CT molecular complexity index is 448. The topological polar surface area (TPSA) is 17.1 Å². The number of benzene rings is 1. The smallest absolute Gasteiger partial charge is 0.298 e. The van der Waals surface area contributed by atoms with Gasteiger partial charge in [-0.05, 0) is 34.7 Å². The predicted octanol–water partition coefficient (Wildman–Crippen LogP) is 4.14. The lowest BCUT2D eigenvalue weighted by Crippen LogP contribution is -2.18. The van der Waals surface area contributed by atoms with Gasteiger partial charge in [-0.2, -0.15) is 26.3 Å². The molecule has 17 heavy (non-hydrogen) atoms. The summed E-state index contributed by atoms with van der Waals surface area (Å²) in [6, 6.07) is 0.948. The standard InChI is InChI=1S/C9H3F6IO/c10-8(11,12)5-1-4(3-17)2-6(16)7(5)9(13,14)15/h1-3H. The highest BCUT2D eigenvalue weighted by atomic mass is 127. The van der Waals surface area contributed by atoms with E-state index in [1.807, 2.05) is 0 Å². The summed E-state index contributed by atoms with van der Waals surface area (Å²) in [6.07, 6.45) is -10.2. The summed E-state index contributed by atoms with van der Waals surface area (Å²) in [5.74, 6) is 0. The van der Waals surface area contributed by atoms with E-state index in [0.717, 1.165) is 28.7 Å².